The number of unbranched alkanes of at least 4 members (excludes halogenated alkanes) is 1. The Morgan fingerprint density at radius 2 is 2.00 bits per heavy atom. The molecule has 0 spiro atoms. The molecule has 7 heteroatoms. The number of nitrogen functional groups attached to an aromatic ring is 1. The van der Waals surface area contributed by atoms with Gasteiger partial charge in [0.2, 0.25) is 0 Å². The summed E-state index contributed by atoms with van der Waals surface area (Å²) >= 11 is 0. The van der Waals surface area contributed by atoms with E-state index in [0.29, 0.717) is 5.69 Å². The molecule has 1 aromatic heterocycles. The van der Waals surface area contributed by atoms with Crippen molar-refractivity contribution in [2.24, 2.45) is 0 Å². The van der Waals surface area contributed by atoms with Crippen LogP contribution in [0.15, 0.2) is 6.33 Å². The third-order valence-electron chi connectivity index (χ3n) is 4.14. The number of rotatable bonds is 7. The van der Waals surface area contributed by atoms with E-state index in [9.17, 15) is 0 Å². The first kappa shape index (κ1) is 16.8. The molecule has 0 aliphatic carbocycles. The van der Waals surface area contributed by atoms with Crippen LogP contribution in [0.25, 0.3) is 0 Å². The molecular weight excluding hydrogens is 280 g/mol. The highest BCUT2D eigenvalue weighted by Crippen LogP contribution is 2.29. The highest BCUT2D eigenvalue weighted by molar-refractivity contribution is 5.75. The van der Waals surface area contributed by atoms with Crippen molar-refractivity contribution in [2.45, 2.75) is 19.8 Å². The predicted molar refractivity (Wildman–Crippen MR) is 90.4 cm³/mol. The van der Waals surface area contributed by atoms with E-state index in [1.54, 1.807) is 6.33 Å². The van der Waals surface area contributed by atoms with Gasteiger partial charge in [-0.2, -0.15) is 0 Å². The van der Waals surface area contributed by atoms with Crippen LogP contribution in [0.5, 0.6) is 0 Å². The monoisotopic (exact) mass is 308 g/mol. The van der Waals surface area contributed by atoms with E-state index in [0.717, 1.165) is 63.7 Å². The summed E-state index contributed by atoms with van der Waals surface area (Å²) < 4.78 is 0. The second kappa shape index (κ2) is 8.14. The summed E-state index contributed by atoms with van der Waals surface area (Å²) in [6.45, 7) is 7.66. The number of aliphatic hydroxyl groups is 1. The number of anilines is 3. The number of nitrogens with two attached hydrogens (primary N) is 1. The lowest BCUT2D eigenvalue weighted by atomic mass is 10.2. The number of β-amino-alcohol motifs (C(OH)–C–C–N with tert-alkyl or cyclic N) is 1. The molecule has 22 heavy (non-hydrogen) atoms. The minimum Gasteiger partial charge on any atom is -0.395 e. The average Bonchev–Trinajstić information content (AvgIpc) is 2.54. The molecule has 0 unspecified atom stereocenters. The lowest BCUT2D eigenvalue weighted by Crippen LogP contribution is -2.47. The first-order chi connectivity index (χ1) is 10.7. The van der Waals surface area contributed by atoms with E-state index in [2.05, 4.69) is 31.6 Å². The van der Waals surface area contributed by atoms with Gasteiger partial charge in [0.05, 0.1) is 6.61 Å². The first-order valence-corrected chi connectivity index (χ1v) is 8.07. The molecule has 1 fully saturated rings. The van der Waals surface area contributed by atoms with Gasteiger partial charge in [-0.25, -0.2) is 9.97 Å². The quantitative estimate of drug-likeness (QED) is 0.755. The normalized spacial score (nSPS) is 16.0. The minimum atomic E-state index is 0.210. The zero-order valence-corrected chi connectivity index (χ0v) is 13.7. The lowest BCUT2D eigenvalue weighted by Gasteiger charge is -2.35. The van der Waals surface area contributed by atoms with Gasteiger partial charge in [-0.3, -0.25) is 4.90 Å². The molecular formula is C15H28N6O. The lowest BCUT2D eigenvalue weighted by molar-refractivity contribution is 0.188. The molecule has 2 rings (SSSR count). The van der Waals surface area contributed by atoms with Crippen LogP contribution in [-0.2, 0) is 0 Å². The Morgan fingerprint density at radius 3 is 2.64 bits per heavy atom. The van der Waals surface area contributed by atoms with Gasteiger partial charge in [-0.1, -0.05) is 13.3 Å². The molecule has 1 saturated heterocycles. The van der Waals surface area contributed by atoms with Crippen molar-refractivity contribution in [3.8, 4) is 0 Å². The Hall–Kier alpha value is -1.60. The van der Waals surface area contributed by atoms with Gasteiger partial charge in [0, 0.05) is 46.3 Å². The zero-order chi connectivity index (χ0) is 15.9. The van der Waals surface area contributed by atoms with Crippen LogP contribution in [0.4, 0.5) is 17.3 Å². The molecule has 124 valence electrons. The zero-order valence-electron chi connectivity index (χ0n) is 13.7. The summed E-state index contributed by atoms with van der Waals surface area (Å²) in [5, 5.41) is 9.01. The largest absolute Gasteiger partial charge is 0.395 e. The first-order valence-electron chi connectivity index (χ1n) is 8.07. The van der Waals surface area contributed by atoms with Gasteiger partial charge >= 0.3 is 0 Å². The SMILES string of the molecule is CCCCN(C)c1ncnc(N2CCN(CCO)CC2)c1N. The Labute approximate surface area is 132 Å². The van der Waals surface area contributed by atoms with Crippen molar-refractivity contribution in [1.82, 2.24) is 14.9 Å². The molecule has 1 aliphatic rings. The second-order valence-electron chi connectivity index (χ2n) is 5.76. The van der Waals surface area contributed by atoms with Crippen molar-refractivity contribution in [3.05, 3.63) is 6.33 Å². The van der Waals surface area contributed by atoms with Gasteiger partial charge in [0.25, 0.3) is 0 Å². The van der Waals surface area contributed by atoms with Gasteiger partial charge in [0.15, 0.2) is 11.6 Å². The number of hydrogen-bond acceptors (Lipinski definition) is 7. The number of aliphatic hydroxyl groups excluding tert-OH is 1. The van der Waals surface area contributed by atoms with Crippen LogP contribution in [0.1, 0.15) is 19.8 Å². The fourth-order valence-electron chi connectivity index (χ4n) is 2.76. The fraction of sp³-hybridized carbons (Fsp3) is 0.733. The van der Waals surface area contributed by atoms with E-state index in [1.807, 2.05) is 7.05 Å². The second-order valence-corrected chi connectivity index (χ2v) is 5.76. The van der Waals surface area contributed by atoms with E-state index < -0.39 is 0 Å². The van der Waals surface area contributed by atoms with Crippen molar-refractivity contribution in [1.29, 1.82) is 0 Å². The molecule has 7 nitrogen and oxygen atoms in total. The minimum absolute atomic E-state index is 0.210. The van der Waals surface area contributed by atoms with Gasteiger partial charge in [-0.05, 0) is 6.42 Å². The summed E-state index contributed by atoms with van der Waals surface area (Å²) in [4.78, 5) is 15.3. The van der Waals surface area contributed by atoms with Crippen LogP contribution < -0.4 is 15.5 Å². The summed E-state index contributed by atoms with van der Waals surface area (Å²) in [5.74, 6) is 1.65. The maximum absolute atomic E-state index is 9.01. The maximum atomic E-state index is 9.01. The average molecular weight is 308 g/mol. The van der Waals surface area contributed by atoms with Crippen molar-refractivity contribution in [2.75, 3.05) is 68.5 Å². The fourth-order valence-corrected chi connectivity index (χ4v) is 2.76. The third kappa shape index (κ3) is 3.98. The number of hydrogen-bond donors (Lipinski definition) is 2. The van der Waals surface area contributed by atoms with Gasteiger partial charge in [-0.15, -0.1) is 0 Å². The molecule has 0 radical (unpaired) electrons. The van der Waals surface area contributed by atoms with Gasteiger partial charge in [0.1, 0.15) is 12.0 Å². The third-order valence-corrected chi connectivity index (χ3v) is 4.14. The standard InChI is InChI=1S/C15H28N6O/c1-3-4-5-19(2)14-13(16)15(18-12-17-14)21-8-6-20(7-9-21)10-11-22/h12,22H,3-11,16H2,1-2H3. The van der Waals surface area contributed by atoms with E-state index in [1.165, 1.54) is 0 Å². The molecule has 0 bridgehead atoms. The van der Waals surface area contributed by atoms with Crippen LogP contribution in [0.3, 0.4) is 0 Å². The summed E-state index contributed by atoms with van der Waals surface area (Å²) in [7, 11) is 2.03. The van der Waals surface area contributed by atoms with Gasteiger partial charge < -0.3 is 20.6 Å². The highest BCUT2D eigenvalue weighted by Gasteiger charge is 2.21. The summed E-state index contributed by atoms with van der Waals surface area (Å²) in [5.41, 5.74) is 6.98. The highest BCUT2D eigenvalue weighted by atomic mass is 16.3. The Morgan fingerprint density at radius 1 is 1.27 bits per heavy atom. The number of piperazine rings is 1. The van der Waals surface area contributed by atoms with Crippen molar-refractivity contribution >= 4 is 17.3 Å². The maximum Gasteiger partial charge on any atom is 0.157 e. The molecule has 1 aromatic rings. The number of aromatic nitrogens is 2. The Bertz CT molecular complexity index is 461. The molecule has 1 aliphatic heterocycles. The van der Waals surface area contributed by atoms with E-state index in [4.69, 9.17) is 10.8 Å². The van der Waals surface area contributed by atoms with E-state index >= 15 is 0 Å². The van der Waals surface area contributed by atoms with Crippen LogP contribution in [0, 0.1) is 0 Å². The molecule has 3 N–H and O–H groups in total. The topological polar surface area (TPSA) is 81.8 Å². The summed E-state index contributed by atoms with van der Waals surface area (Å²) in [6, 6.07) is 0. The van der Waals surface area contributed by atoms with Crippen molar-refractivity contribution in [3.63, 3.8) is 0 Å². The van der Waals surface area contributed by atoms with Crippen molar-refractivity contribution < 1.29 is 5.11 Å². The molecule has 0 atom stereocenters. The smallest absolute Gasteiger partial charge is 0.157 e. The number of nitrogens with zero attached hydrogens (tertiary/aromatic N) is 5. The summed E-state index contributed by atoms with van der Waals surface area (Å²) in [6.07, 6.45) is 3.87. The van der Waals surface area contributed by atoms with Crippen LogP contribution in [0.2, 0.25) is 0 Å². The molecule has 0 aromatic carbocycles. The van der Waals surface area contributed by atoms with Crippen LogP contribution in [-0.4, -0.2) is 72.9 Å². The molecule has 0 amide bonds. The van der Waals surface area contributed by atoms with E-state index in [-0.39, 0.29) is 6.61 Å². The Balaban J connectivity index is 2.06. The van der Waals surface area contributed by atoms with Crippen LogP contribution >= 0.6 is 0 Å². The predicted octanol–water partition coefficient (Wildman–Crippen LogP) is 0.409. The Kier molecular flexibility index (Phi) is 6.21. The molecule has 0 saturated carbocycles. The molecule has 2 heterocycles.